The van der Waals surface area contributed by atoms with Gasteiger partial charge in [0.25, 0.3) is 0 Å². The number of carbonyl (C=O) groups is 1. The number of piperazine rings is 1. The van der Waals surface area contributed by atoms with E-state index in [2.05, 4.69) is 10.2 Å². The number of benzene rings is 1. The first kappa shape index (κ1) is 23.0. The summed E-state index contributed by atoms with van der Waals surface area (Å²) in [7, 11) is 0. The molecule has 9 heteroatoms. The van der Waals surface area contributed by atoms with Gasteiger partial charge in [-0.05, 0) is 30.0 Å². The number of hydrogen-bond donors (Lipinski definition) is 2. The van der Waals surface area contributed by atoms with E-state index in [0.717, 1.165) is 36.8 Å². The van der Waals surface area contributed by atoms with Crippen molar-refractivity contribution in [2.24, 2.45) is 11.7 Å². The highest BCUT2D eigenvalue weighted by Crippen LogP contribution is 2.40. The fourth-order valence-electron chi connectivity index (χ4n) is 3.68. The van der Waals surface area contributed by atoms with Crippen molar-refractivity contribution in [2.75, 3.05) is 37.6 Å². The Hall–Kier alpha value is -2.31. The number of carbonyl (C=O) groups excluding carboxylic acids is 1. The van der Waals surface area contributed by atoms with Gasteiger partial charge in [-0.15, -0.1) is 0 Å². The second-order valence-electron chi connectivity index (χ2n) is 7.65. The Kier molecular flexibility index (Phi) is 7.88. The van der Waals surface area contributed by atoms with Crippen molar-refractivity contribution in [2.45, 2.75) is 38.5 Å². The molecule has 0 spiro atoms. The van der Waals surface area contributed by atoms with Crippen LogP contribution in [-0.4, -0.2) is 55.7 Å². The summed E-state index contributed by atoms with van der Waals surface area (Å²) in [5, 5.41) is 12.4. The number of nitriles is 1. The number of nitrogens with two attached hydrogens (primary N) is 1. The molecule has 0 bridgehead atoms. The Morgan fingerprint density at radius 3 is 2.31 bits per heavy atom. The van der Waals surface area contributed by atoms with Crippen LogP contribution in [0.3, 0.4) is 0 Å². The number of nitrogens with one attached hydrogen (secondary N) is 1. The summed E-state index contributed by atoms with van der Waals surface area (Å²) >= 11 is 0. The van der Waals surface area contributed by atoms with Crippen molar-refractivity contribution in [3.05, 3.63) is 29.8 Å². The molecule has 6 nitrogen and oxygen atoms in total. The van der Waals surface area contributed by atoms with Crippen molar-refractivity contribution in [3.8, 4) is 6.07 Å². The van der Waals surface area contributed by atoms with Gasteiger partial charge in [0, 0.05) is 31.9 Å². The minimum Gasteiger partial charge on any atom is -0.369 e. The van der Waals surface area contributed by atoms with Crippen molar-refractivity contribution < 1.29 is 18.0 Å². The van der Waals surface area contributed by atoms with Gasteiger partial charge in [-0.1, -0.05) is 26.0 Å². The van der Waals surface area contributed by atoms with E-state index in [4.69, 9.17) is 11.0 Å². The topological polar surface area (TPSA) is 85.4 Å². The highest BCUT2D eigenvalue weighted by Gasteiger charge is 2.48. The summed E-state index contributed by atoms with van der Waals surface area (Å²) in [6.45, 7) is 6.24. The van der Waals surface area contributed by atoms with Crippen LogP contribution in [0.2, 0.25) is 0 Å². The summed E-state index contributed by atoms with van der Waals surface area (Å²) in [6, 6.07) is 4.66. The van der Waals surface area contributed by atoms with Crippen LogP contribution in [-0.2, 0) is 4.79 Å². The standard InChI is InChI=1S/C20H28F3N5O/c1-14(2)13-17(19(25)29)28(10-7-24)18(20(21,22)23)15-3-5-16(6-4-15)27-11-8-26-9-12-27/h3-6,14,17-18,26H,8-13H2,1-2H3,(H2,25,29)/t17-,18?/m0/s1. The molecule has 160 valence electrons. The average molecular weight is 411 g/mol. The lowest BCUT2D eigenvalue weighted by atomic mass is 9.96. The molecule has 1 aliphatic rings. The maximum Gasteiger partial charge on any atom is 0.408 e. The fraction of sp³-hybridized carbons (Fsp3) is 0.600. The number of primary amides is 1. The summed E-state index contributed by atoms with van der Waals surface area (Å²) in [5.74, 6) is -0.918. The molecule has 1 amide bonds. The van der Waals surface area contributed by atoms with Gasteiger partial charge in [0.15, 0.2) is 0 Å². The second-order valence-corrected chi connectivity index (χ2v) is 7.65. The van der Waals surface area contributed by atoms with E-state index in [-0.39, 0.29) is 17.9 Å². The van der Waals surface area contributed by atoms with Gasteiger partial charge in [-0.2, -0.15) is 18.4 Å². The Labute approximate surface area is 169 Å². The van der Waals surface area contributed by atoms with Crippen molar-refractivity contribution in [1.82, 2.24) is 10.2 Å². The Bertz CT molecular complexity index is 708. The third-order valence-electron chi connectivity index (χ3n) is 5.01. The van der Waals surface area contributed by atoms with E-state index in [1.165, 1.54) is 12.1 Å². The predicted molar refractivity (Wildman–Crippen MR) is 105 cm³/mol. The van der Waals surface area contributed by atoms with Gasteiger partial charge < -0.3 is 16.0 Å². The molecular formula is C20H28F3N5O. The SMILES string of the molecule is CC(C)C[C@@H](C(N)=O)N(CC#N)C(c1ccc(N2CCNCC2)cc1)C(F)(F)F. The molecule has 2 rings (SSSR count). The largest absolute Gasteiger partial charge is 0.408 e. The quantitative estimate of drug-likeness (QED) is 0.642. The first-order chi connectivity index (χ1) is 13.6. The number of anilines is 1. The van der Waals surface area contributed by atoms with Crippen LogP contribution >= 0.6 is 0 Å². The molecule has 1 fully saturated rings. The van der Waals surface area contributed by atoms with Gasteiger partial charge in [-0.3, -0.25) is 9.69 Å². The Morgan fingerprint density at radius 1 is 1.28 bits per heavy atom. The molecule has 0 radical (unpaired) electrons. The molecule has 1 saturated heterocycles. The van der Waals surface area contributed by atoms with Crippen molar-refractivity contribution in [3.63, 3.8) is 0 Å². The van der Waals surface area contributed by atoms with Crippen molar-refractivity contribution >= 4 is 11.6 Å². The van der Waals surface area contributed by atoms with Gasteiger partial charge in [0.2, 0.25) is 5.91 Å². The van der Waals surface area contributed by atoms with E-state index in [0.29, 0.717) is 0 Å². The summed E-state index contributed by atoms with van der Waals surface area (Å²) in [4.78, 5) is 14.9. The van der Waals surface area contributed by atoms with E-state index >= 15 is 0 Å². The van der Waals surface area contributed by atoms with E-state index in [1.54, 1.807) is 32.0 Å². The molecule has 1 aromatic carbocycles. The number of rotatable bonds is 8. The van der Waals surface area contributed by atoms with Crippen LogP contribution in [0.5, 0.6) is 0 Å². The molecule has 0 saturated carbocycles. The predicted octanol–water partition coefficient (Wildman–Crippen LogP) is 2.43. The molecule has 0 aliphatic carbocycles. The molecule has 1 aliphatic heterocycles. The summed E-state index contributed by atoms with van der Waals surface area (Å²) < 4.78 is 42.2. The fourth-order valence-corrected chi connectivity index (χ4v) is 3.68. The zero-order valence-electron chi connectivity index (χ0n) is 16.7. The Morgan fingerprint density at radius 2 is 1.86 bits per heavy atom. The number of halogens is 3. The first-order valence-electron chi connectivity index (χ1n) is 9.69. The highest BCUT2D eigenvalue weighted by molar-refractivity contribution is 5.80. The third-order valence-corrected chi connectivity index (χ3v) is 5.01. The maximum absolute atomic E-state index is 14.1. The second kappa shape index (κ2) is 9.94. The number of amides is 1. The van der Waals surface area contributed by atoms with Gasteiger partial charge in [0.05, 0.1) is 18.7 Å². The van der Waals surface area contributed by atoms with Crippen molar-refractivity contribution in [1.29, 1.82) is 5.26 Å². The van der Waals surface area contributed by atoms with E-state index in [1.807, 2.05) is 0 Å². The lowest BCUT2D eigenvalue weighted by molar-refractivity contribution is -0.192. The van der Waals surface area contributed by atoms with Crippen LogP contribution in [0.15, 0.2) is 24.3 Å². The lowest BCUT2D eigenvalue weighted by Gasteiger charge is -2.37. The van der Waals surface area contributed by atoms with Gasteiger partial charge in [-0.25, -0.2) is 0 Å². The minimum atomic E-state index is -4.67. The minimum absolute atomic E-state index is 0.0124. The summed E-state index contributed by atoms with van der Waals surface area (Å²) in [5.41, 5.74) is 6.26. The molecule has 1 aromatic rings. The van der Waals surface area contributed by atoms with Crippen LogP contribution in [0.1, 0.15) is 31.9 Å². The maximum atomic E-state index is 14.1. The first-order valence-corrected chi connectivity index (χ1v) is 9.69. The van der Waals surface area contributed by atoms with E-state index in [9.17, 15) is 18.0 Å². The molecule has 3 N–H and O–H groups in total. The average Bonchev–Trinajstić information content (AvgIpc) is 2.66. The zero-order chi connectivity index (χ0) is 21.6. The molecule has 2 atom stereocenters. The van der Waals surface area contributed by atoms with Crippen LogP contribution in [0.25, 0.3) is 0 Å². The third kappa shape index (κ3) is 6.08. The van der Waals surface area contributed by atoms with Gasteiger partial charge >= 0.3 is 6.18 Å². The van der Waals surface area contributed by atoms with E-state index < -0.39 is 30.7 Å². The zero-order valence-corrected chi connectivity index (χ0v) is 16.7. The monoisotopic (exact) mass is 411 g/mol. The molecule has 1 unspecified atom stereocenters. The summed E-state index contributed by atoms with van der Waals surface area (Å²) in [6.07, 6.45) is -4.53. The smallest absolute Gasteiger partial charge is 0.369 e. The highest BCUT2D eigenvalue weighted by atomic mass is 19.4. The molecule has 0 aromatic heterocycles. The molecule has 29 heavy (non-hydrogen) atoms. The van der Waals surface area contributed by atoms with Crippen LogP contribution in [0, 0.1) is 17.2 Å². The number of hydrogen-bond acceptors (Lipinski definition) is 5. The van der Waals surface area contributed by atoms with Crippen LogP contribution < -0.4 is 16.0 Å². The number of nitrogens with zero attached hydrogens (tertiary/aromatic N) is 3. The number of alkyl halides is 3. The van der Waals surface area contributed by atoms with Gasteiger partial charge in [0.1, 0.15) is 6.04 Å². The molecular weight excluding hydrogens is 383 g/mol. The Balaban J connectivity index is 2.39. The lowest BCUT2D eigenvalue weighted by Crippen LogP contribution is -2.51. The molecule has 1 heterocycles. The van der Waals surface area contributed by atoms with Crippen LogP contribution in [0.4, 0.5) is 18.9 Å². The normalized spacial score (nSPS) is 17.2.